The zero-order chi connectivity index (χ0) is 53.0. The fourth-order valence-electron chi connectivity index (χ4n) is 8.83. The number of carboxylic acids is 1. The maximum Gasteiger partial charge on any atom is 0.364 e. The maximum absolute atomic E-state index is 12.8. The van der Waals surface area contributed by atoms with E-state index < -0.39 is 222 Å². The first-order valence-electron chi connectivity index (χ1n) is 22.2. The smallest absolute Gasteiger partial charge is 0.364 e. The third kappa shape index (κ3) is 13.1. The number of aliphatic hydroxyl groups excluding tert-OH is 15. The lowest BCUT2D eigenvalue weighted by Gasteiger charge is -2.50. The first-order valence-corrected chi connectivity index (χ1v) is 22.2. The molecule has 32 nitrogen and oxygen atoms in total. The molecule has 26 atom stereocenters. The first-order chi connectivity index (χ1) is 33.3. The second-order valence-corrected chi connectivity index (χ2v) is 17.6. The standard InChI is InChI=1S/C39H65N3O29/c1-10(47)40-19-13(50)4-39(38(61)62,71-32(19)22(52)14(51)5-43)63-9-18-25(55)31(21(34(60)64-18)42-12(3)49)69-37-29(59)33(24(54)16(7-45)66-37)70-35-20(41-11(2)48)26(56)30(17(8-46)67-35)68-36-28(58)27(57)23(53)15(6-44)65-36/h13-37,43-46,50-60H,4-9H2,1-3H3,(H,40,47)(H,41,48)(H,42,49)(H,61,62)/t13-,14+,15+,16+,17+,18+,19+,20+,21+,22+,23-,24-,25-,26+,27-,28+,29+,30+,31+,32+,33-,34?,35-,36-,37-,39+/m0/s1. The quantitative estimate of drug-likeness (QED) is 0.0571. The molecule has 0 saturated carbocycles. The summed E-state index contributed by atoms with van der Waals surface area (Å²) >= 11 is 0. The van der Waals surface area contributed by atoms with Crippen LogP contribution in [0.1, 0.15) is 27.2 Å². The maximum atomic E-state index is 12.8. The van der Waals surface area contributed by atoms with Crippen molar-refractivity contribution in [1.29, 1.82) is 0 Å². The van der Waals surface area contributed by atoms with Crippen molar-refractivity contribution >= 4 is 23.7 Å². The van der Waals surface area contributed by atoms with Crippen LogP contribution < -0.4 is 16.0 Å². The van der Waals surface area contributed by atoms with Crippen LogP contribution in [-0.4, -0.2) is 297 Å². The van der Waals surface area contributed by atoms with Crippen LogP contribution in [0.2, 0.25) is 0 Å². The van der Waals surface area contributed by atoms with E-state index in [9.17, 15) is 101 Å². The van der Waals surface area contributed by atoms with Gasteiger partial charge in [-0.25, -0.2) is 4.79 Å². The van der Waals surface area contributed by atoms with Crippen LogP contribution in [0, 0.1) is 0 Å². The molecule has 410 valence electrons. The van der Waals surface area contributed by atoms with E-state index in [2.05, 4.69) is 16.0 Å². The van der Waals surface area contributed by atoms with Gasteiger partial charge in [0.1, 0.15) is 116 Å². The Morgan fingerprint density at radius 2 is 1.06 bits per heavy atom. The Morgan fingerprint density at radius 3 is 1.61 bits per heavy atom. The van der Waals surface area contributed by atoms with Gasteiger partial charge in [0.25, 0.3) is 5.79 Å². The molecule has 19 N–H and O–H groups in total. The molecule has 5 saturated heterocycles. The Labute approximate surface area is 402 Å². The molecular weight excluding hydrogens is 974 g/mol. The van der Waals surface area contributed by atoms with Gasteiger partial charge >= 0.3 is 5.97 Å². The lowest BCUT2D eigenvalue weighted by atomic mass is 9.88. The van der Waals surface area contributed by atoms with Crippen molar-refractivity contribution in [1.82, 2.24) is 16.0 Å². The molecule has 0 spiro atoms. The van der Waals surface area contributed by atoms with E-state index in [1.165, 1.54) is 0 Å². The normalized spacial score (nSPS) is 45.0. The van der Waals surface area contributed by atoms with E-state index >= 15 is 0 Å². The second kappa shape index (κ2) is 25.0. The zero-order valence-electron chi connectivity index (χ0n) is 38.1. The number of carboxylic acid groups (broad SMARTS) is 1. The zero-order valence-corrected chi connectivity index (χ0v) is 38.1. The summed E-state index contributed by atoms with van der Waals surface area (Å²) in [7, 11) is 0. The molecule has 5 rings (SSSR count). The van der Waals surface area contributed by atoms with Crippen molar-refractivity contribution in [2.24, 2.45) is 0 Å². The summed E-state index contributed by atoms with van der Waals surface area (Å²) in [4.78, 5) is 49.5. The summed E-state index contributed by atoms with van der Waals surface area (Å²) in [5.41, 5.74) is 0. The summed E-state index contributed by atoms with van der Waals surface area (Å²) < 4.78 is 50.9. The largest absolute Gasteiger partial charge is 0.477 e. The monoisotopic (exact) mass is 1040 g/mol. The summed E-state index contributed by atoms with van der Waals surface area (Å²) in [6, 6.07) is -5.11. The Balaban J connectivity index is 1.39. The number of rotatable bonds is 19. The minimum Gasteiger partial charge on any atom is -0.477 e. The number of nitrogens with one attached hydrogen (secondary N) is 3. The Kier molecular flexibility index (Phi) is 20.7. The van der Waals surface area contributed by atoms with Crippen molar-refractivity contribution < 1.29 is 144 Å². The molecule has 0 aromatic heterocycles. The Bertz CT molecular complexity index is 1770. The van der Waals surface area contributed by atoms with Crippen molar-refractivity contribution in [3.8, 4) is 0 Å². The summed E-state index contributed by atoms with van der Waals surface area (Å²) in [5, 5.41) is 177. The summed E-state index contributed by atoms with van der Waals surface area (Å²) in [6.07, 6.45) is -44.0. The van der Waals surface area contributed by atoms with Gasteiger partial charge in [0.15, 0.2) is 25.2 Å². The minimum absolute atomic E-state index is 0.781. The van der Waals surface area contributed by atoms with Crippen LogP contribution in [0.3, 0.4) is 0 Å². The molecule has 5 heterocycles. The van der Waals surface area contributed by atoms with Crippen LogP contribution in [-0.2, 0) is 61.8 Å². The Morgan fingerprint density at radius 1 is 0.563 bits per heavy atom. The number of ether oxygens (including phenoxy) is 9. The number of carbonyl (C=O) groups is 4. The van der Waals surface area contributed by atoms with Crippen LogP contribution in [0.4, 0.5) is 0 Å². The van der Waals surface area contributed by atoms with Gasteiger partial charge in [-0.1, -0.05) is 0 Å². The van der Waals surface area contributed by atoms with Crippen LogP contribution >= 0.6 is 0 Å². The SMILES string of the molecule is CC(=O)N[C@H]1[C@H](O[C@H]2[C@@H](O)[C@@H](CO)O[C@@H](O[C@H]3[C@@H](O)[C@@H](CO[C@]4(C(=O)O)C[C@H](O)[C@@H](NC(C)=O)[C@H]([C@H](O)[C@H](O)CO)O4)OC(O)[C@@H]3NC(C)=O)[C@@H]2O)O[C@H](CO)[C@@H](O[C@@H]2O[C@H](CO)[C@H](O)[C@H](O)[C@H]2O)[C@@H]1O. The number of hydrogen-bond donors (Lipinski definition) is 19. The van der Waals surface area contributed by atoms with Gasteiger partial charge in [0.05, 0.1) is 45.2 Å². The van der Waals surface area contributed by atoms with Gasteiger partial charge in [-0.05, 0) is 0 Å². The van der Waals surface area contributed by atoms with Crippen molar-refractivity contribution in [2.45, 2.75) is 186 Å². The molecular formula is C39H65N3O29. The number of hydrogen-bond acceptors (Lipinski definition) is 28. The molecule has 0 bridgehead atoms. The minimum atomic E-state index is -2.98. The lowest BCUT2D eigenvalue weighted by Crippen LogP contribution is -2.70. The molecule has 5 aliphatic rings. The van der Waals surface area contributed by atoms with E-state index in [0.29, 0.717) is 0 Å². The highest BCUT2D eigenvalue weighted by molar-refractivity contribution is 5.77. The van der Waals surface area contributed by atoms with E-state index in [1.54, 1.807) is 0 Å². The molecule has 0 aliphatic carbocycles. The van der Waals surface area contributed by atoms with E-state index in [-0.39, 0.29) is 0 Å². The van der Waals surface area contributed by atoms with E-state index in [0.717, 1.165) is 20.8 Å². The highest BCUT2D eigenvalue weighted by atomic mass is 16.8. The van der Waals surface area contributed by atoms with Gasteiger partial charge in [-0.3, -0.25) is 14.4 Å². The van der Waals surface area contributed by atoms with Crippen molar-refractivity contribution in [3.63, 3.8) is 0 Å². The van der Waals surface area contributed by atoms with E-state index in [4.69, 9.17) is 42.6 Å². The topological polar surface area (TPSA) is 511 Å². The number of aliphatic carboxylic acids is 1. The second-order valence-electron chi connectivity index (χ2n) is 17.6. The molecule has 71 heavy (non-hydrogen) atoms. The summed E-state index contributed by atoms with van der Waals surface area (Å²) in [6.45, 7) is -2.11. The fraction of sp³-hybridized carbons (Fsp3) is 0.897. The number of amides is 3. The van der Waals surface area contributed by atoms with Crippen molar-refractivity contribution in [2.75, 3.05) is 33.0 Å². The Hall–Kier alpha value is -3.08. The molecule has 0 aromatic rings. The third-order valence-electron chi connectivity index (χ3n) is 12.5. The van der Waals surface area contributed by atoms with Crippen LogP contribution in [0.25, 0.3) is 0 Å². The lowest BCUT2D eigenvalue weighted by molar-refractivity contribution is -0.377. The van der Waals surface area contributed by atoms with Gasteiger partial charge in [-0.15, -0.1) is 0 Å². The molecule has 0 aromatic carbocycles. The summed E-state index contributed by atoms with van der Waals surface area (Å²) in [5.74, 6) is -7.41. The molecule has 5 aliphatic heterocycles. The number of carbonyl (C=O) groups excluding carboxylic acids is 3. The molecule has 1 unspecified atom stereocenters. The van der Waals surface area contributed by atoms with Crippen molar-refractivity contribution in [3.05, 3.63) is 0 Å². The van der Waals surface area contributed by atoms with Gasteiger partial charge < -0.3 is 140 Å². The molecule has 0 radical (unpaired) electrons. The molecule has 32 heteroatoms. The highest BCUT2D eigenvalue weighted by Crippen LogP contribution is 2.37. The predicted molar refractivity (Wildman–Crippen MR) is 219 cm³/mol. The van der Waals surface area contributed by atoms with E-state index in [1.807, 2.05) is 0 Å². The predicted octanol–water partition coefficient (Wildman–Crippen LogP) is -12.3. The van der Waals surface area contributed by atoms with Crippen LogP contribution in [0.5, 0.6) is 0 Å². The molecule has 5 fully saturated rings. The van der Waals surface area contributed by atoms with Crippen LogP contribution in [0.15, 0.2) is 0 Å². The fourth-order valence-corrected chi connectivity index (χ4v) is 8.83. The highest BCUT2D eigenvalue weighted by Gasteiger charge is 2.59. The average Bonchev–Trinajstić information content (AvgIpc) is 3.31. The van der Waals surface area contributed by atoms with Gasteiger partial charge in [0, 0.05) is 27.2 Å². The third-order valence-corrected chi connectivity index (χ3v) is 12.5. The number of aliphatic hydroxyl groups is 15. The van der Waals surface area contributed by atoms with Gasteiger partial charge in [0.2, 0.25) is 17.7 Å². The molecule has 3 amide bonds. The first kappa shape index (κ1) is 58.8. The van der Waals surface area contributed by atoms with Gasteiger partial charge in [-0.2, -0.15) is 0 Å². The average molecular weight is 1040 g/mol.